The van der Waals surface area contributed by atoms with Crippen LogP contribution in [0.5, 0.6) is 5.75 Å². The SMILES string of the molecule is CCOc1c(Br)cc(Br)cc1C1C2=C(CCCC2=O)N(C)C2=C1C(=O)CCC2. The van der Waals surface area contributed by atoms with Gasteiger partial charge in [-0.3, -0.25) is 9.59 Å². The van der Waals surface area contributed by atoms with E-state index in [1.807, 2.05) is 26.1 Å². The molecule has 0 radical (unpaired) electrons. The smallest absolute Gasteiger partial charge is 0.161 e. The Hall–Kier alpha value is -1.40. The average Bonchev–Trinajstić information content (AvgIpc) is 2.65. The fourth-order valence-electron chi connectivity index (χ4n) is 4.75. The van der Waals surface area contributed by atoms with Crippen LogP contribution in [0.1, 0.15) is 56.9 Å². The Bertz CT molecular complexity index is 888. The zero-order valence-corrected chi connectivity index (χ0v) is 19.3. The van der Waals surface area contributed by atoms with E-state index in [1.165, 1.54) is 0 Å². The third kappa shape index (κ3) is 3.18. The largest absolute Gasteiger partial charge is 0.492 e. The number of nitrogens with zero attached hydrogens (tertiary/aromatic N) is 1. The molecule has 0 atom stereocenters. The summed E-state index contributed by atoms with van der Waals surface area (Å²) >= 11 is 7.20. The second-order valence-corrected chi connectivity index (χ2v) is 9.28. The van der Waals surface area contributed by atoms with E-state index in [0.717, 1.165) is 68.5 Å². The lowest BCUT2D eigenvalue weighted by Gasteiger charge is -2.42. The third-order valence-electron chi connectivity index (χ3n) is 5.88. The van der Waals surface area contributed by atoms with Crippen molar-refractivity contribution in [2.24, 2.45) is 0 Å². The summed E-state index contributed by atoms with van der Waals surface area (Å²) in [5.41, 5.74) is 4.62. The molecule has 0 spiro atoms. The van der Waals surface area contributed by atoms with Gasteiger partial charge in [0, 0.05) is 58.4 Å². The summed E-state index contributed by atoms with van der Waals surface area (Å²) < 4.78 is 7.71. The van der Waals surface area contributed by atoms with Crippen LogP contribution in [0.25, 0.3) is 0 Å². The molecule has 1 heterocycles. The Labute approximate surface area is 182 Å². The van der Waals surface area contributed by atoms with Gasteiger partial charge >= 0.3 is 0 Å². The number of Topliss-reactive ketones (excluding diaryl/α,β-unsaturated/α-hetero) is 2. The van der Waals surface area contributed by atoms with Crippen molar-refractivity contribution in [3.63, 3.8) is 0 Å². The number of ether oxygens (including phenoxy) is 1. The molecule has 0 saturated heterocycles. The van der Waals surface area contributed by atoms with Crippen LogP contribution in [-0.2, 0) is 9.59 Å². The van der Waals surface area contributed by atoms with Gasteiger partial charge in [-0.1, -0.05) is 15.9 Å². The first-order valence-corrected chi connectivity index (χ1v) is 11.4. The number of ketones is 2. The zero-order valence-electron chi connectivity index (χ0n) is 16.1. The van der Waals surface area contributed by atoms with Crippen LogP contribution >= 0.6 is 31.9 Å². The molecule has 148 valence electrons. The number of carbonyl (C=O) groups is 2. The molecule has 1 aromatic rings. The van der Waals surface area contributed by atoms with Gasteiger partial charge < -0.3 is 9.64 Å². The summed E-state index contributed by atoms with van der Waals surface area (Å²) in [5.74, 6) is 0.677. The number of hydrogen-bond acceptors (Lipinski definition) is 4. The lowest BCUT2D eigenvalue weighted by molar-refractivity contribution is -0.117. The van der Waals surface area contributed by atoms with Crippen molar-refractivity contribution in [1.29, 1.82) is 0 Å². The fraction of sp³-hybridized carbons (Fsp3) is 0.455. The van der Waals surface area contributed by atoms with Gasteiger partial charge in [-0.15, -0.1) is 0 Å². The zero-order chi connectivity index (χ0) is 20.0. The molecule has 4 nitrogen and oxygen atoms in total. The standard InChI is InChI=1S/C22H23Br2NO3/c1-3-28-22-13(10-12(23)11-14(22)24)19-20-15(6-4-8-17(20)26)25(2)16-7-5-9-18(27)21(16)19/h10-11,19H,3-9H2,1-2H3. The summed E-state index contributed by atoms with van der Waals surface area (Å²) in [6.45, 7) is 2.46. The second kappa shape index (κ2) is 7.79. The summed E-state index contributed by atoms with van der Waals surface area (Å²) in [6, 6.07) is 3.95. The van der Waals surface area contributed by atoms with Crippen LogP contribution in [0.2, 0.25) is 0 Å². The molecule has 3 aliphatic rings. The minimum absolute atomic E-state index is 0.154. The molecular weight excluding hydrogens is 486 g/mol. The number of halogens is 2. The Morgan fingerprint density at radius 3 is 2.11 bits per heavy atom. The normalized spacial score (nSPS) is 20.5. The Morgan fingerprint density at radius 1 is 1.00 bits per heavy atom. The molecule has 6 heteroatoms. The highest BCUT2D eigenvalue weighted by molar-refractivity contribution is 9.11. The van der Waals surface area contributed by atoms with E-state index in [-0.39, 0.29) is 17.5 Å². The summed E-state index contributed by atoms with van der Waals surface area (Å²) in [6.07, 6.45) is 4.56. The van der Waals surface area contributed by atoms with Gasteiger partial charge in [-0.2, -0.15) is 0 Å². The van der Waals surface area contributed by atoms with Crippen LogP contribution in [0.15, 0.2) is 43.6 Å². The lowest BCUT2D eigenvalue weighted by atomic mass is 9.71. The maximum absolute atomic E-state index is 13.1. The van der Waals surface area contributed by atoms with E-state index in [9.17, 15) is 9.59 Å². The summed E-state index contributed by atoms with van der Waals surface area (Å²) in [7, 11) is 2.01. The van der Waals surface area contributed by atoms with Crippen LogP contribution < -0.4 is 4.74 Å². The molecule has 4 rings (SSSR count). The molecule has 1 aromatic carbocycles. The van der Waals surface area contributed by atoms with Crippen molar-refractivity contribution in [3.05, 3.63) is 49.2 Å². The number of allylic oxidation sites excluding steroid dienone is 4. The summed E-state index contributed by atoms with van der Waals surface area (Å²) in [5, 5.41) is 0. The number of carbonyl (C=O) groups excluding carboxylic acids is 2. The maximum atomic E-state index is 13.1. The molecular formula is C22H23Br2NO3. The van der Waals surface area contributed by atoms with Crippen LogP contribution in [-0.4, -0.2) is 30.1 Å². The topological polar surface area (TPSA) is 46.6 Å². The number of hydrogen-bond donors (Lipinski definition) is 0. The van der Waals surface area contributed by atoms with E-state index in [0.29, 0.717) is 19.4 Å². The molecule has 0 bridgehead atoms. The van der Waals surface area contributed by atoms with E-state index < -0.39 is 0 Å². The first kappa shape index (κ1) is 19.9. The monoisotopic (exact) mass is 507 g/mol. The van der Waals surface area contributed by atoms with Gasteiger partial charge in [0.15, 0.2) is 11.6 Å². The molecule has 1 aliphatic heterocycles. The number of rotatable bonds is 3. The van der Waals surface area contributed by atoms with E-state index in [2.05, 4.69) is 36.8 Å². The predicted octanol–water partition coefficient (Wildman–Crippen LogP) is 5.65. The molecule has 28 heavy (non-hydrogen) atoms. The van der Waals surface area contributed by atoms with Gasteiger partial charge in [-0.05, 0) is 60.7 Å². The van der Waals surface area contributed by atoms with Crippen molar-refractivity contribution in [2.75, 3.05) is 13.7 Å². The summed E-state index contributed by atoms with van der Waals surface area (Å²) in [4.78, 5) is 28.3. The van der Waals surface area contributed by atoms with E-state index in [4.69, 9.17) is 4.74 Å². The molecule has 0 aromatic heterocycles. The molecule has 0 unspecified atom stereocenters. The highest BCUT2D eigenvalue weighted by Gasteiger charge is 2.43. The van der Waals surface area contributed by atoms with Crippen molar-refractivity contribution >= 4 is 43.4 Å². The second-order valence-electron chi connectivity index (χ2n) is 7.51. The van der Waals surface area contributed by atoms with E-state index in [1.54, 1.807) is 0 Å². The van der Waals surface area contributed by atoms with Crippen LogP contribution in [0.4, 0.5) is 0 Å². The first-order valence-electron chi connectivity index (χ1n) is 9.82. The van der Waals surface area contributed by atoms with Crippen LogP contribution in [0.3, 0.4) is 0 Å². The van der Waals surface area contributed by atoms with Crippen molar-refractivity contribution in [1.82, 2.24) is 4.90 Å². The minimum Gasteiger partial charge on any atom is -0.492 e. The number of benzene rings is 1. The molecule has 0 fully saturated rings. The highest BCUT2D eigenvalue weighted by atomic mass is 79.9. The van der Waals surface area contributed by atoms with Gasteiger partial charge in [0.05, 0.1) is 11.1 Å². The quantitative estimate of drug-likeness (QED) is 0.529. The van der Waals surface area contributed by atoms with Gasteiger partial charge in [0.25, 0.3) is 0 Å². The fourth-order valence-corrected chi connectivity index (χ4v) is 6.13. The molecule has 0 amide bonds. The van der Waals surface area contributed by atoms with E-state index >= 15 is 0 Å². The van der Waals surface area contributed by atoms with Crippen molar-refractivity contribution < 1.29 is 14.3 Å². The van der Waals surface area contributed by atoms with Crippen molar-refractivity contribution in [3.8, 4) is 5.75 Å². The van der Waals surface area contributed by atoms with Gasteiger partial charge in [0.2, 0.25) is 0 Å². The molecule has 0 saturated carbocycles. The highest BCUT2D eigenvalue weighted by Crippen LogP contribution is 2.51. The Morgan fingerprint density at radius 2 is 1.57 bits per heavy atom. The van der Waals surface area contributed by atoms with Gasteiger partial charge in [-0.25, -0.2) is 0 Å². The Balaban J connectivity index is 2.02. The Kier molecular flexibility index (Phi) is 5.53. The lowest BCUT2D eigenvalue weighted by Crippen LogP contribution is -2.37. The van der Waals surface area contributed by atoms with Crippen molar-refractivity contribution in [2.45, 2.75) is 51.4 Å². The molecule has 2 aliphatic carbocycles. The maximum Gasteiger partial charge on any atom is 0.161 e. The average molecular weight is 509 g/mol. The minimum atomic E-state index is -0.350. The molecule has 0 N–H and O–H groups in total. The van der Waals surface area contributed by atoms with Crippen LogP contribution in [0, 0.1) is 0 Å². The predicted molar refractivity (Wildman–Crippen MR) is 115 cm³/mol. The first-order chi connectivity index (χ1) is 13.4. The van der Waals surface area contributed by atoms with Gasteiger partial charge in [0.1, 0.15) is 5.75 Å². The third-order valence-corrected chi connectivity index (χ3v) is 6.93.